The second kappa shape index (κ2) is 23.8. The average Bonchev–Trinajstić information content (AvgIpc) is 3.29. The summed E-state index contributed by atoms with van der Waals surface area (Å²) in [5, 5.41) is 26.4. The maximum absolute atomic E-state index is 13.5. The lowest BCUT2D eigenvalue weighted by atomic mass is 10.1. The minimum atomic E-state index is -1.64. The van der Waals surface area contributed by atoms with E-state index in [4.69, 9.17) is 67.5 Å². The monoisotopic (exact) mass is 1010 g/mol. The fourth-order valence-electron chi connectivity index (χ4n) is 6.15. The third kappa shape index (κ3) is 14.0. The van der Waals surface area contributed by atoms with Crippen LogP contribution < -0.4 is 30.7 Å². The van der Waals surface area contributed by atoms with Crippen LogP contribution in [0.1, 0.15) is 63.6 Å². The first-order chi connectivity index (χ1) is 31.9. The van der Waals surface area contributed by atoms with E-state index in [0.717, 1.165) is 13.8 Å². The first-order valence-corrected chi connectivity index (χ1v) is 22.1. The van der Waals surface area contributed by atoms with E-state index in [0.29, 0.717) is 39.6 Å². The third-order valence-electron chi connectivity index (χ3n) is 9.55. The van der Waals surface area contributed by atoms with Crippen molar-refractivity contribution < 1.29 is 38.2 Å². The Labute approximate surface area is 409 Å². The molecular formula is C46H41Cl5N8O8. The number of carbonyl (C=O) groups is 6. The molecule has 0 saturated carbocycles. The molecule has 0 aliphatic heterocycles. The molecular weight excluding hydrogens is 970 g/mol. The summed E-state index contributed by atoms with van der Waals surface area (Å²) in [6, 6.07) is 19.4. The van der Waals surface area contributed by atoms with Crippen molar-refractivity contribution in [1.82, 2.24) is 0 Å². The van der Waals surface area contributed by atoms with Crippen LogP contribution in [0.4, 0.5) is 34.1 Å². The average molecular weight is 1010 g/mol. The number of methoxy groups -OCH3 is 2. The molecule has 0 aromatic heterocycles. The number of hydrogen-bond donors (Lipinski definition) is 4. The van der Waals surface area contributed by atoms with Gasteiger partial charge in [-0.1, -0.05) is 23.2 Å². The topological polar surface area (TPSA) is 218 Å². The second-order valence-corrected chi connectivity index (χ2v) is 16.5. The van der Waals surface area contributed by atoms with Crippen LogP contribution in [-0.4, -0.2) is 61.5 Å². The fourth-order valence-corrected chi connectivity index (χ4v) is 7.24. The van der Waals surface area contributed by atoms with Gasteiger partial charge in [-0.15, -0.1) is 34.8 Å². The summed E-state index contributed by atoms with van der Waals surface area (Å²) in [5.41, 5.74) is 3.18. The van der Waals surface area contributed by atoms with Crippen molar-refractivity contribution in [3.8, 4) is 11.5 Å². The van der Waals surface area contributed by atoms with E-state index < -0.39 is 52.7 Å². The van der Waals surface area contributed by atoms with Crippen LogP contribution in [0, 0.1) is 0 Å². The minimum absolute atomic E-state index is 0.0783. The van der Waals surface area contributed by atoms with E-state index in [2.05, 4.69) is 41.7 Å². The summed E-state index contributed by atoms with van der Waals surface area (Å²) < 4.78 is 10.4. The van der Waals surface area contributed by atoms with Crippen LogP contribution in [-0.2, 0) is 30.9 Å². The van der Waals surface area contributed by atoms with Gasteiger partial charge in [-0.2, -0.15) is 20.5 Å². The molecule has 3 atom stereocenters. The van der Waals surface area contributed by atoms with Crippen molar-refractivity contribution in [3.63, 3.8) is 0 Å². The summed E-state index contributed by atoms with van der Waals surface area (Å²) in [6.45, 7) is 3.92. The standard InChI is InChI=1S/C46H41Cl5N8O8/c1-23(49)37-20-32(52-45(64)41(24(2)60)58-56-33-14-26(12-30(50)18-33)43(62)53-38-10-7-35(66-4)16-28(38)21-47)6-9-40(37)55-46(65)42(25(3)61)59-57-34-15-27(13-31(51)19-34)44(63)54-39-11-8-36(67-5)17-29(39)22-48/h6-20,23,41-42H,21-22H2,1-5H3,(H,52,64)(H,53,62)(H,54,63)(H,55,65). The molecule has 5 rings (SSSR count). The molecule has 5 aromatic carbocycles. The highest BCUT2D eigenvalue weighted by Gasteiger charge is 2.27. The van der Waals surface area contributed by atoms with Crippen molar-refractivity contribution in [2.75, 3.05) is 35.5 Å². The van der Waals surface area contributed by atoms with E-state index in [-0.39, 0.29) is 55.7 Å². The first kappa shape index (κ1) is 51.6. The maximum Gasteiger partial charge on any atom is 0.258 e. The van der Waals surface area contributed by atoms with Crippen molar-refractivity contribution in [2.24, 2.45) is 20.5 Å². The number of nitrogens with one attached hydrogen (secondary N) is 4. The largest absolute Gasteiger partial charge is 0.497 e. The Balaban J connectivity index is 1.28. The molecule has 0 saturated heterocycles. The second-order valence-electron chi connectivity index (χ2n) is 14.5. The summed E-state index contributed by atoms with van der Waals surface area (Å²) in [7, 11) is 3.02. The van der Waals surface area contributed by atoms with Gasteiger partial charge in [0.1, 0.15) is 11.5 Å². The van der Waals surface area contributed by atoms with Gasteiger partial charge in [0.25, 0.3) is 23.6 Å². The van der Waals surface area contributed by atoms with Gasteiger partial charge in [0, 0.05) is 55.7 Å². The van der Waals surface area contributed by atoms with Crippen molar-refractivity contribution in [2.45, 2.75) is 50.0 Å². The molecule has 0 aliphatic rings. The third-order valence-corrected chi connectivity index (χ3v) is 10.8. The number of Topliss-reactive ketones (excluding diaryl/α,β-unsaturated/α-hetero) is 2. The van der Waals surface area contributed by atoms with Crippen LogP contribution in [0.3, 0.4) is 0 Å². The van der Waals surface area contributed by atoms with Crippen molar-refractivity contribution in [3.05, 3.63) is 129 Å². The number of amides is 4. The zero-order valence-electron chi connectivity index (χ0n) is 36.3. The van der Waals surface area contributed by atoms with Crippen molar-refractivity contribution >= 4 is 127 Å². The number of hydrogen-bond acceptors (Lipinski definition) is 12. The molecule has 0 aliphatic carbocycles. The van der Waals surface area contributed by atoms with Crippen LogP contribution in [0.2, 0.25) is 10.0 Å². The molecule has 0 radical (unpaired) electrons. The van der Waals surface area contributed by atoms with E-state index in [9.17, 15) is 28.8 Å². The molecule has 0 heterocycles. The summed E-state index contributed by atoms with van der Waals surface area (Å²) in [4.78, 5) is 78.7. The Morgan fingerprint density at radius 1 is 0.567 bits per heavy atom. The molecule has 21 heteroatoms. The summed E-state index contributed by atoms with van der Waals surface area (Å²) >= 11 is 31.3. The predicted molar refractivity (Wildman–Crippen MR) is 260 cm³/mol. The number of ether oxygens (including phenoxy) is 2. The predicted octanol–water partition coefficient (Wildman–Crippen LogP) is 11.7. The highest BCUT2D eigenvalue weighted by molar-refractivity contribution is 6.32. The Morgan fingerprint density at radius 3 is 1.40 bits per heavy atom. The molecule has 5 aromatic rings. The normalized spacial score (nSPS) is 12.5. The zero-order chi connectivity index (χ0) is 48.9. The lowest BCUT2D eigenvalue weighted by Crippen LogP contribution is -2.32. The SMILES string of the molecule is COc1ccc(NC(=O)c2cc(Cl)cc(N=NC(C(C)=O)C(=O)Nc3ccc(NC(=O)C(N=Nc4cc(Cl)cc(C(=O)Nc5ccc(OC)cc5CCl)c4)C(C)=O)c(C(C)Cl)c3)c2)c(CCl)c1. The van der Waals surface area contributed by atoms with Gasteiger partial charge in [0.05, 0.1) is 31.0 Å². The van der Waals surface area contributed by atoms with Gasteiger partial charge in [-0.25, -0.2) is 0 Å². The Kier molecular flexibility index (Phi) is 18.3. The summed E-state index contributed by atoms with van der Waals surface area (Å²) in [6.07, 6.45) is 0. The number of halogens is 5. The number of anilines is 4. The molecule has 0 spiro atoms. The quantitative estimate of drug-likeness (QED) is 0.0353. The Bertz CT molecular complexity index is 2790. The minimum Gasteiger partial charge on any atom is -0.497 e. The lowest BCUT2D eigenvalue weighted by molar-refractivity contribution is -0.127. The molecule has 4 N–H and O–H groups in total. The first-order valence-electron chi connectivity index (χ1n) is 19.8. The molecule has 67 heavy (non-hydrogen) atoms. The van der Waals surface area contributed by atoms with E-state index in [1.807, 2.05) is 0 Å². The van der Waals surface area contributed by atoms with E-state index >= 15 is 0 Å². The van der Waals surface area contributed by atoms with Gasteiger partial charge in [-0.3, -0.25) is 28.8 Å². The van der Waals surface area contributed by atoms with Gasteiger partial charge in [0.2, 0.25) is 12.1 Å². The smallest absolute Gasteiger partial charge is 0.258 e. The zero-order valence-corrected chi connectivity index (χ0v) is 40.0. The maximum atomic E-state index is 13.5. The highest BCUT2D eigenvalue weighted by atomic mass is 35.5. The molecule has 3 unspecified atom stereocenters. The molecule has 16 nitrogen and oxygen atoms in total. The van der Waals surface area contributed by atoms with Crippen LogP contribution in [0.25, 0.3) is 0 Å². The van der Waals surface area contributed by atoms with Gasteiger partial charge < -0.3 is 30.7 Å². The number of ketones is 2. The number of rotatable bonds is 19. The summed E-state index contributed by atoms with van der Waals surface area (Å²) in [5.74, 6) is -2.79. The molecule has 0 fully saturated rings. The van der Waals surface area contributed by atoms with E-state index in [1.165, 1.54) is 68.8 Å². The highest BCUT2D eigenvalue weighted by Crippen LogP contribution is 2.32. The van der Waals surface area contributed by atoms with Gasteiger partial charge in [0.15, 0.2) is 11.6 Å². The van der Waals surface area contributed by atoms with Crippen LogP contribution in [0.15, 0.2) is 111 Å². The van der Waals surface area contributed by atoms with Crippen LogP contribution >= 0.6 is 58.0 Å². The fraction of sp³-hybridized carbons (Fsp3) is 0.217. The molecule has 348 valence electrons. The van der Waals surface area contributed by atoms with Gasteiger partial charge >= 0.3 is 0 Å². The number of alkyl halides is 3. The van der Waals surface area contributed by atoms with Crippen LogP contribution in [0.5, 0.6) is 11.5 Å². The Hall–Kier alpha value is -6.43. The lowest BCUT2D eigenvalue weighted by Gasteiger charge is -2.17. The number of benzene rings is 5. The number of azo groups is 2. The van der Waals surface area contributed by atoms with Crippen molar-refractivity contribution in [1.29, 1.82) is 0 Å². The molecule has 0 bridgehead atoms. The van der Waals surface area contributed by atoms with E-state index in [1.54, 1.807) is 43.3 Å². The van der Waals surface area contributed by atoms with Gasteiger partial charge in [-0.05, 0) is 128 Å². The molecule has 4 amide bonds. The number of carbonyl (C=O) groups excluding carboxylic acids is 6. The number of nitrogens with zero attached hydrogens (tertiary/aromatic N) is 4. The Morgan fingerprint density at radius 2 is 1.00 bits per heavy atom.